The summed E-state index contributed by atoms with van der Waals surface area (Å²) in [6.45, 7) is 6.55. The van der Waals surface area contributed by atoms with Gasteiger partial charge in [-0.3, -0.25) is 4.79 Å². The molecule has 0 saturated carbocycles. The zero-order valence-electron chi connectivity index (χ0n) is 14.9. The molecular formula is C18H29N3O3. The van der Waals surface area contributed by atoms with Crippen molar-refractivity contribution in [3.05, 3.63) is 24.2 Å². The van der Waals surface area contributed by atoms with Crippen molar-refractivity contribution in [2.24, 2.45) is 0 Å². The van der Waals surface area contributed by atoms with E-state index < -0.39 is 6.04 Å². The molecule has 2 N–H and O–H groups in total. The van der Waals surface area contributed by atoms with E-state index in [4.69, 9.17) is 4.42 Å². The molecule has 6 heteroatoms. The van der Waals surface area contributed by atoms with Gasteiger partial charge in [-0.1, -0.05) is 0 Å². The number of rotatable bonds is 6. The highest BCUT2D eigenvalue weighted by atomic mass is 16.3. The van der Waals surface area contributed by atoms with Gasteiger partial charge in [-0.25, -0.2) is 4.79 Å². The largest absolute Gasteiger partial charge is 0.469 e. The van der Waals surface area contributed by atoms with Gasteiger partial charge in [0.05, 0.1) is 6.26 Å². The molecule has 1 aromatic heterocycles. The van der Waals surface area contributed by atoms with Gasteiger partial charge in [0.2, 0.25) is 5.91 Å². The Morgan fingerprint density at radius 1 is 1.33 bits per heavy atom. The van der Waals surface area contributed by atoms with Gasteiger partial charge >= 0.3 is 6.03 Å². The zero-order chi connectivity index (χ0) is 17.5. The third-order valence-corrected chi connectivity index (χ3v) is 4.59. The average Bonchev–Trinajstić information content (AvgIpc) is 3.06. The van der Waals surface area contributed by atoms with E-state index in [-0.39, 0.29) is 24.0 Å². The molecule has 0 unspecified atom stereocenters. The Morgan fingerprint density at radius 3 is 2.79 bits per heavy atom. The molecule has 1 saturated heterocycles. The summed E-state index contributed by atoms with van der Waals surface area (Å²) in [5.41, 5.74) is 0. The number of nitrogens with one attached hydrogen (secondary N) is 2. The minimum Gasteiger partial charge on any atom is -0.469 e. The van der Waals surface area contributed by atoms with Crippen LogP contribution in [0.3, 0.4) is 0 Å². The van der Waals surface area contributed by atoms with E-state index in [0.717, 1.165) is 38.0 Å². The summed E-state index contributed by atoms with van der Waals surface area (Å²) in [7, 11) is 0. The Labute approximate surface area is 144 Å². The van der Waals surface area contributed by atoms with Crippen molar-refractivity contribution in [3.63, 3.8) is 0 Å². The number of furan rings is 1. The predicted octanol–water partition coefficient (Wildman–Crippen LogP) is 2.69. The first-order valence-electron chi connectivity index (χ1n) is 8.87. The molecule has 6 nitrogen and oxygen atoms in total. The second kappa shape index (κ2) is 8.76. The van der Waals surface area contributed by atoms with Crippen molar-refractivity contribution >= 4 is 11.9 Å². The molecule has 2 heterocycles. The Hall–Kier alpha value is -1.98. The van der Waals surface area contributed by atoms with Gasteiger partial charge in [0.1, 0.15) is 11.8 Å². The Morgan fingerprint density at radius 2 is 2.12 bits per heavy atom. The van der Waals surface area contributed by atoms with E-state index in [2.05, 4.69) is 17.6 Å². The van der Waals surface area contributed by atoms with Crippen LogP contribution in [0.15, 0.2) is 22.8 Å². The maximum atomic E-state index is 12.5. The number of urea groups is 1. The van der Waals surface area contributed by atoms with Crippen molar-refractivity contribution in [2.75, 3.05) is 6.54 Å². The van der Waals surface area contributed by atoms with Crippen LogP contribution in [0, 0.1) is 0 Å². The topological polar surface area (TPSA) is 74.6 Å². The number of amides is 3. The van der Waals surface area contributed by atoms with Crippen LogP contribution in [0.25, 0.3) is 0 Å². The fourth-order valence-electron chi connectivity index (χ4n) is 3.08. The zero-order valence-corrected chi connectivity index (χ0v) is 14.9. The molecule has 0 bridgehead atoms. The summed E-state index contributed by atoms with van der Waals surface area (Å²) in [4.78, 5) is 26.4. The SMILES string of the molecule is C[C@H](CCc1ccco1)NC(=O)N[C@H](C)C(=O)N1CCCC[C@H]1C. The van der Waals surface area contributed by atoms with Crippen LogP contribution in [-0.4, -0.2) is 41.5 Å². The molecule has 0 spiro atoms. The summed E-state index contributed by atoms with van der Waals surface area (Å²) in [6.07, 6.45) is 6.45. The van der Waals surface area contributed by atoms with Crippen LogP contribution in [-0.2, 0) is 11.2 Å². The molecule has 1 aliphatic rings. The average molecular weight is 335 g/mol. The Balaban J connectivity index is 1.73. The number of aryl methyl sites for hydroxylation is 1. The number of hydrogen-bond donors (Lipinski definition) is 2. The van der Waals surface area contributed by atoms with Crippen molar-refractivity contribution in [2.45, 2.75) is 71.0 Å². The Bertz CT molecular complexity index is 530. The lowest BCUT2D eigenvalue weighted by Crippen LogP contribution is -2.54. The van der Waals surface area contributed by atoms with E-state index in [9.17, 15) is 9.59 Å². The molecule has 0 aliphatic carbocycles. The molecular weight excluding hydrogens is 306 g/mol. The molecule has 24 heavy (non-hydrogen) atoms. The molecule has 3 atom stereocenters. The van der Waals surface area contributed by atoms with Crippen LogP contribution in [0.2, 0.25) is 0 Å². The minimum absolute atomic E-state index is 0.000545. The first kappa shape index (κ1) is 18.4. The number of carbonyl (C=O) groups excluding carboxylic acids is 2. The summed E-state index contributed by atoms with van der Waals surface area (Å²) < 4.78 is 5.28. The molecule has 1 aromatic rings. The first-order chi connectivity index (χ1) is 11.5. The fourth-order valence-corrected chi connectivity index (χ4v) is 3.08. The molecule has 134 valence electrons. The van der Waals surface area contributed by atoms with Gasteiger partial charge in [0.25, 0.3) is 0 Å². The molecule has 3 amide bonds. The van der Waals surface area contributed by atoms with Crippen LogP contribution in [0.4, 0.5) is 4.79 Å². The van der Waals surface area contributed by atoms with Gasteiger partial charge in [-0.15, -0.1) is 0 Å². The lowest BCUT2D eigenvalue weighted by atomic mass is 10.0. The maximum absolute atomic E-state index is 12.5. The monoisotopic (exact) mass is 335 g/mol. The lowest BCUT2D eigenvalue weighted by molar-refractivity contribution is -0.136. The first-order valence-corrected chi connectivity index (χ1v) is 8.87. The van der Waals surface area contributed by atoms with Crippen LogP contribution < -0.4 is 10.6 Å². The third kappa shape index (κ3) is 5.28. The fraction of sp³-hybridized carbons (Fsp3) is 0.667. The second-order valence-corrected chi connectivity index (χ2v) is 6.74. The number of carbonyl (C=O) groups is 2. The highest BCUT2D eigenvalue weighted by molar-refractivity contribution is 5.87. The standard InChI is InChI=1S/C18H29N3O3/c1-13(9-10-16-8-6-12-24-16)19-18(23)20-15(3)17(22)21-11-5-4-7-14(21)2/h6,8,12-15H,4-5,7,9-11H2,1-3H3,(H2,19,20,23)/t13-,14-,15-/m1/s1. The number of nitrogens with zero attached hydrogens (tertiary/aromatic N) is 1. The normalized spacial score (nSPS) is 20.3. The number of likely N-dealkylation sites (tertiary alicyclic amines) is 1. The van der Waals surface area contributed by atoms with Gasteiger partial charge < -0.3 is 20.0 Å². The summed E-state index contributed by atoms with van der Waals surface area (Å²) in [5, 5.41) is 5.64. The predicted molar refractivity (Wildman–Crippen MR) is 92.6 cm³/mol. The van der Waals surface area contributed by atoms with Gasteiger partial charge in [-0.05, 0) is 58.6 Å². The van der Waals surface area contributed by atoms with Crippen LogP contribution in [0.1, 0.15) is 52.2 Å². The number of hydrogen-bond acceptors (Lipinski definition) is 3. The Kier molecular flexibility index (Phi) is 6.70. The van der Waals surface area contributed by atoms with E-state index in [1.165, 1.54) is 6.42 Å². The molecule has 2 rings (SSSR count). The minimum atomic E-state index is -0.511. The summed E-state index contributed by atoms with van der Waals surface area (Å²) >= 11 is 0. The second-order valence-electron chi connectivity index (χ2n) is 6.74. The van der Waals surface area contributed by atoms with Crippen LogP contribution >= 0.6 is 0 Å². The van der Waals surface area contributed by atoms with E-state index in [0.29, 0.717) is 0 Å². The number of piperidine rings is 1. The van der Waals surface area contributed by atoms with E-state index in [1.807, 2.05) is 24.0 Å². The smallest absolute Gasteiger partial charge is 0.315 e. The van der Waals surface area contributed by atoms with Gasteiger partial charge in [0, 0.05) is 25.0 Å². The third-order valence-electron chi connectivity index (χ3n) is 4.59. The highest BCUT2D eigenvalue weighted by Crippen LogP contribution is 2.17. The highest BCUT2D eigenvalue weighted by Gasteiger charge is 2.27. The molecule has 1 fully saturated rings. The van der Waals surface area contributed by atoms with Gasteiger partial charge in [-0.2, -0.15) is 0 Å². The molecule has 0 radical (unpaired) electrons. The van der Waals surface area contributed by atoms with Gasteiger partial charge in [0.15, 0.2) is 0 Å². The molecule has 1 aliphatic heterocycles. The van der Waals surface area contributed by atoms with Crippen LogP contribution in [0.5, 0.6) is 0 Å². The van der Waals surface area contributed by atoms with E-state index in [1.54, 1.807) is 13.2 Å². The summed E-state index contributed by atoms with van der Waals surface area (Å²) in [6, 6.07) is 3.23. The molecule has 0 aromatic carbocycles. The van der Waals surface area contributed by atoms with Crippen molar-refractivity contribution in [1.29, 1.82) is 0 Å². The lowest BCUT2D eigenvalue weighted by Gasteiger charge is -2.35. The van der Waals surface area contributed by atoms with Crippen molar-refractivity contribution in [3.8, 4) is 0 Å². The quantitative estimate of drug-likeness (QED) is 0.839. The van der Waals surface area contributed by atoms with E-state index >= 15 is 0 Å². The van der Waals surface area contributed by atoms with Crippen molar-refractivity contribution in [1.82, 2.24) is 15.5 Å². The summed E-state index contributed by atoms with van der Waals surface area (Å²) in [5.74, 6) is 0.910. The maximum Gasteiger partial charge on any atom is 0.315 e. The van der Waals surface area contributed by atoms with Crippen molar-refractivity contribution < 1.29 is 14.0 Å².